The summed E-state index contributed by atoms with van der Waals surface area (Å²) in [5.41, 5.74) is 7.68. The summed E-state index contributed by atoms with van der Waals surface area (Å²) >= 11 is 0. The molecule has 29 heavy (non-hydrogen) atoms. The summed E-state index contributed by atoms with van der Waals surface area (Å²) in [6, 6.07) is 6.13. The highest BCUT2D eigenvalue weighted by atomic mass is 16.4. The second-order valence-corrected chi connectivity index (χ2v) is 7.97. The molecule has 2 aliphatic heterocycles. The largest absolute Gasteiger partial charge is 0.481 e. The topological polar surface area (TPSA) is 94.2 Å². The van der Waals surface area contributed by atoms with Crippen LogP contribution in [-0.4, -0.2) is 35.1 Å². The highest BCUT2D eigenvalue weighted by molar-refractivity contribution is 6.35. The predicted octanol–water partition coefficient (Wildman–Crippen LogP) is 3.61. The van der Waals surface area contributed by atoms with Gasteiger partial charge in [0.1, 0.15) is 0 Å². The Balaban J connectivity index is 1.74. The van der Waals surface area contributed by atoms with E-state index in [4.69, 9.17) is 5.11 Å². The molecule has 6 heteroatoms. The van der Waals surface area contributed by atoms with Gasteiger partial charge in [0.2, 0.25) is 0 Å². The minimum atomic E-state index is -0.805. The lowest BCUT2D eigenvalue weighted by Gasteiger charge is -2.25. The zero-order chi connectivity index (χ0) is 20.5. The maximum atomic E-state index is 12.8. The van der Waals surface area contributed by atoms with E-state index in [-0.39, 0.29) is 12.3 Å². The second kappa shape index (κ2) is 7.87. The molecule has 1 saturated heterocycles. The lowest BCUT2D eigenvalue weighted by atomic mass is 9.85. The van der Waals surface area contributed by atoms with Crippen LogP contribution in [0.15, 0.2) is 18.2 Å². The molecular weight excluding hydrogens is 366 g/mol. The molecule has 0 saturated carbocycles. The van der Waals surface area contributed by atoms with E-state index in [0.717, 1.165) is 59.7 Å². The Morgan fingerprint density at radius 3 is 2.72 bits per heavy atom. The first-order valence-corrected chi connectivity index (χ1v) is 10.2. The number of hydrogen-bond donors (Lipinski definition) is 4. The number of rotatable bonds is 5. The van der Waals surface area contributed by atoms with Crippen molar-refractivity contribution in [2.24, 2.45) is 0 Å². The lowest BCUT2D eigenvalue weighted by Crippen LogP contribution is -2.27. The third-order valence-electron chi connectivity index (χ3n) is 6.15. The average molecular weight is 393 g/mol. The first-order valence-electron chi connectivity index (χ1n) is 10.2. The third-order valence-corrected chi connectivity index (χ3v) is 6.15. The van der Waals surface area contributed by atoms with Gasteiger partial charge in [0.15, 0.2) is 0 Å². The number of aromatic amines is 1. The number of carbonyl (C=O) groups is 2. The van der Waals surface area contributed by atoms with Gasteiger partial charge in [-0.1, -0.05) is 12.1 Å². The molecule has 3 heterocycles. The molecule has 4 N–H and O–H groups in total. The van der Waals surface area contributed by atoms with Crippen LogP contribution >= 0.6 is 0 Å². The summed E-state index contributed by atoms with van der Waals surface area (Å²) in [4.78, 5) is 27.1. The van der Waals surface area contributed by atoms with E-state index in [9.17, 15) is 9.59 Å². The quantitative estimate of drug-likeness (QED) is 0.584. The smallest absolute Gasteiger partial charge is 0.303 e. The minimum absolute atomic E-state index is 0.0832. The normalized spacial score (nSPS) is 18.1. The number of hydrogen-bond acceptors (Lipinski definition) is 3. The molecular formula is C23H27N3O3. The van der Waals surface area contributed by atoms with E-state index in [2.05, 4.69) is 21.7 Å². The number of piperidine rings is 1. The van der Waals surface area contributed by atoms with Gasteiger partial charge in [-0.25, -0.2) is 0 Å². The van der Waals surface area contributed by atoms with Crippen LogP contribution in [0.2, 0.25) is 0 Å². The number of anilines is 1. The Morgan fingerprint density at radius 2 is 2.00 bits per heavy atom. The number of carboxylic acid groups (broad SMARTS) is 1. The first kappa shape index (κ1) is 19.5. The van der Waals surface area contributed by atoms with Gasteiger partial charge in [-0.3, -0.25) is 9.59 Å². The highest BCUT2D eigenvalue weighted by Crippen LogP contribution is 2.41. The molecule has 0 atom stereocenters. The molecule has 1 aromatic heterocycles. The molecule has 6 nitrogen and oxygen atoms in total. The van der Waals surface area contributed by atoms with Crippen LogP contribution in [-0.2, 0) is 16.0 Å². The number of aromatic nitrogens is 1. The summed E-state index contributed by atoms with van der Waals surface area (Å²) in [5.74, 6) is -0.444. The van der Waals surface area contributed by atoms with E-state index in [1.807, 2.05) is 32.1 Å². The summed E-state index contributed by atoms with van der Waals surface area (Å²) in [7, 11) is 0. The number of nitrogens with one attached hydrogen (secondary N) is 3. The fourth-order valence-corrected chi connectivity index (χ4v) is 4.60. The van der Waals surface area contributed by atoms with Crippen LogP contribution in [0.4, 0.5) is 5.69 Å². The van der Waals surface area contributed by atoms with Gasteiger partial charge < -0.3 is 20.7 Å². The Labute approximate surface area is 170 Å². The fourth-order valence-electron chi connectivity index (χ4n) is 4.60. The first-order chi connectivity index (χ1) is 14.0. The number of aryl methyl sites for hydroxylation is 1. The van der Waals surface area contributed by atoms with Gasteiger partial charge in [-0.05, 0) is 81.0 Å². The van der Waals surface area contributed by atoms with Crippen LogP contribution in [0, 0.1) is 13.8 Å². The molecule has 1 amide bonds. The molecule has 1 fully saturated rings. The van der Waals surface area contributed by atoms with Gasteiger partial charge in [0, 0.05) is 29.1 Å². The van der Waals surface area contributed by atoms with Crippen LogP contribution < -0.4 is 10.6 Å². The summed E-state index contributed by atoms with van der Waals surface area (Å²) in [6.45, 7) is 5.93. The van der Waals surface area contributed by atoms with Crippen molar-refractivity contribution in [3.63, 3.8) is 0 Å². The zero-order valence-corrected chi connectivity index (χ0v) is 16.9. The van der Waals surface area contributed by atoms with Crippen molar-refractivity contribution in [3.8, 4) is 0 Å². The maximum Gasteiger partial charge on any atom is 0.303 e. The van der Waals surface area contributed by atoms with Crippen LogP contribution in [0.5, 0.6) is 0 Å². The summed E-state index contributed by atoms with van der Waals surface area (Å²) in [5, 5.41) is 15.4. The highest BCUT2D eigenvalue weighted by Gasteiger charge is 2.30. The number of fused-ring (bicyclic) bond motifs is 1. The molecule has 0 bridgehead atoms. The molecule has 2 aliphatic rings. The Morgan fingerprint density at radius 1 is 1.24 bits per heavy atom. The Hall–Kier alpha value is -2.86. The Bertz CT molecular complexity index is 997. The van der Waals surface area contributed by atoms with Crippen LogP contribution in [0.25, 0.3) is 11.6 Å². The van der Waals surface area contributed by atoms with Gasteiger partial charge in [0.25, 0.3) is 5.91 Å². The summed E-state index contributed by atoms with van der Waals surface area (Å²) < 4.78 is 0. The fraction of sp³-hybridized carbons (Fsp3) is 0.391. The maximum absolute atomic E-state index is 12.8. The number of H-pyrrole nitrogens is 1. The molecule has 0 spiro atoms. The zero-order valence-electron chi connectivity index (χ0n) is 16.9. The van der Waals surface area contributed by atoms with E-state index in [1.165, 1.54) is 5.56 Å². The van der Waals surface area contributed by atoms with Crippen LogP contribution in [0.1, 0.15) is 58.8 Å². The molecule has 4 rings (SSSR count). The number of amides is 1. The molecule has 1 aromatic carbocycles. The predicted molar refractivity (Wildman–Crippen MR) is 114 cm³/mol. The number of carboxylic acids is 1. The van der Waals surface area contributed by atoms with Gasteiger partial charge in [0.05, 0.1) is 5.57 Å². The average Bonchev–Trinajstić information content (AvgIpc) is 3.16. The monoisotopic (exact) mass is 393 g/mol. The van der Waals surface area contributed by atoms with Gasteiger partial charge >= 0.3 is 5.97 Å². The van der Waals surface area contributed by atoms with Crippen molar-refractivity contribution in [3.05, 3.63) is 51.8 Å². The molecule has 152 valence electrons. The number of aliphatic carboxylic acids is 1. The number of benzene rings is 1. The molecule has 0 aliphatic carbocycles. The molecule has 2 aromatic rings. The number of carbonyl (C=O) groups excluding carboxylic acids is 1. The van der Waals surface area contributed by atoms with Crippen molar-refractivity contribution < 1.29 is 14.7 Å². The van der Waals surface area contributed by atoms with E-state index in [0.29, 0.717) is 17.9 Å². The van der Waals surface area contributed by atoms with Crippen LogP contribution in [0.3, 0.4) is 0 Å². The van der Waals surface area contributed by atoms with Crippen molar-refractivity contribution in [2.75, 3.05) is 18.4 Å². The van der Waals surface area contributed by atoms with Crippen molar-refractivity contribution >= 4 is 29.2 Å². The summed E-state index contributed by atoms with van der Waals surface area (Å²) in [6.07, 6.45) is 4.64. The van der Waals surface area contributed by atoms with Gasteiger partial charge in [-0.15, -0.1) is 0 Å². The molecule has 0 unspecified atom stereocenters. The second-order valence-electron chi connectivity index (χ2n) is 7.97. The van der Waals surface area contributed by atoms with Crippen molar-refractivity contribution in [2.45, 2.75) is 45.4 Å². The van der Waals surface area contributed by atoms with Crippen molar-refractivity contribution in [1.29, 1.82) is 0 Å². The molecule has 0 radical (unpaired) electrons. The third kappa shape index (κ3) is 3.72. The van der Waals surface area contributed by atoms with E-state index >= 15 is 0 Å². The Kier molecular flexibility index (Phi) is 5.28. The van der Waals surface area contributed by atoms with E-state index in [1.54, 1.807) is 0 Å². The standard InChI is InChI=1S/C23H27N3O3/c1-13-16(6-7-21(27)28)14(2)25-20(13)12-18-22-17(15-8-10-24-11-9-15)4-3-5-19(22)26-23(18)29/h3-5,12,15,24-25H,6-11H2,1-2H3,(H,26,29)(H,27,28)/b18-12-. The van der Waals surface area contributed by atoms with E-state index < -0.39 is 5.97 Å². The SMILES string of the molecule is Cc1[nH]c(/C=C2\C(=O)Nc3cccc(C4CCNCC4)c32)c(C)c1CCC(=O)O. The van der Waals surface area contributed by atoms with Crippen molar-refractivity contribution in [1.82, 2.24) is 10.3 Å². The van der Waals surface area contributed by atoms with Gasteiger partial charge in [-0.2, -0.15) is 0 Å². The lowest BCUT2D eigenvalue weighted by molar-refractivity contribution is -0.137. The minimum Gasteiger partial charge on any atom is -0.481 e.